The second-order valence-electron chi connectivity index (χ2n) is 3.50. The van der Waals surface area contributed by atoms with E-state index in [4.69, 9.17) is 0 Å². The standard InChI is InChI=1S/C8H16N2/c1-3-8-4-2-6-10(7-8)9-5-1/h8-9H,1-7H2. The van der Waals surface area contributed by atoms with Crippen LogP contribution in [0.25, 0.3) is 0 Å². The van der Waals surface area contributed by atoms with Gasteiger partial charge < -0.3 is 0 Å². The molecule has 0 aromatic rings. The van der Waals surface area contributed by atoms with Crippen molar-refractivity contribution in [2.45, 2.75) is 25.7 Å². The van der Waals surface area contributed by atoms with Crippen molar-refractivity contribution < 1.29 is 0 Å². The molecule has 10 heavy (non-hydrogen) atoms. The zero-order valence-corrected chi connectivity index (χ0v) is 6.47. The van der Waals surface area contributed by atoms with Gasteiger partial charge in [0, 0.05) is 19.6 Å². The third-order valence-electron chi connectivity index (χ3n) is 2.64. The van der Waals surface area contributed by atoms with Crippen LogP contribution in [0.2, 0.25) is 0 Å². The number of hydrogen-bond donors (Lipinski definition) is 1. The highest BCUT2D eigenvalue weighted by Gasteiger charge is 2.21. The van der Waals surface area contributed by atoms with Gasteiger partial charge >= 0.3 is 0 Å². The molecule has 2 rings (SSSR count). The molecule has 0 radical (unpaired) electrons. The molecule has 0 aliphatic carbocycles. The van der Waals surface area contributed by atoms with Crippen LogP contribution < -0.4 is 5.43 Å². The second-order valence-corrected chi connectivity index (χ2v) is 3.50. The van der Waals surface area contributed by atoms with Gasteiger partial charge in [-0.3, -0.25) is 5.43 Å². The SMILES string of the molecule is C1CNN2CCCC(C1)C2. The normalized spacial score (nSPS) is 40.8. The molecule has 0 aromatic heterocycles. The fourth-order valence-corrected chi connectivity index (χ4v) is 2.07. The number of hydrazine groups is 1. The minimum Gasteiger partial charge on any atom is -0.255 e. The molecule has 2 atom stereocenters. The van der Waals surface area contributed by atoms with Crippen molar-refractivity contribution >= 4 is 0 Å². The van der Waals surface area contributed by atoms with Crippen LogP contribution in [0.3, 0.4) is 0 Å². The van der Waals surface area contributed by atoms with Crippen molar-refractivity contribution in [3.05, 3.63) is 0 Å². The van der Waals surface area contributed by atoms with E-state index in [1.54, 1.807) is 0 Å². The lowest BCUT2D eigenvalue weighted by Gasteiger charge is -2.29. The van der Waals surface area contributed by atoms with Gasteiger partial charge in [0.1, 0.15) is 0 Å². The van der Waals surface area contributed by atoms with Gasteiger partial charge in [-0.1, -0.05) is 0 Å². The van der Waals surface area contributed by atoms with Crippen LogP contribution >= 0.6 is 0 Å². The highest BCUT2D eigenvalue weighted by Crippen LogP contribution is 2.21. The van der Waals surface area contributed by atoms with E-state index in [-0.39, 0.29) is 0 Å². The smallest absolute Gasteiger partial charge is 0.0159 e. The molecular formula is C8H16N2. The molecule has 0 saturated carbocycles. The fraction of sp³-hybridized carbons (Fsp3) is 1.00. The van der Waals surface area contributed by atoms with Crippen molar-refractivity contribution in [3.8, 4) is 0 Å². The maximum absolute atomic E-state index is 3.45. The number of nitrogens with zero attached hydrogens (tertiary/aromatic N) is 1. The van der Waals surface area contributed by atoms with Crippen LogP contribution in [0.5, 0.6) is 0 Å². The van der Waals surface area contributed by atoms with E-state index in [0.717, 1.165) is 5.92 Å². The predicted molar refractivity (Wildman–Crippen MR) is 41.5 cm³/mol. The monoisotopic (exact) mass is 140 g/mol. The molecule has 2 bridgehead atoms. The van der Waals surface area contributed by atoms with Crippen LogP contribution in [0, 0.1) is 5.92 Å². The van der Waals surface area contributed by atoms with Gasteiger partial charge in [-0.15, -0.1) is 0 Å². The van der Waals surface area contributed by atoms with Crippen molar-refractivity contribution in [1.82, 2.24) is 10.4 Å². The summed E-state index contributed by atoms with van der Waals surface area (Å²) in [7, 11) is 0. The molecule has 2 nitrogen and oxygen atoms in total. The molecule has 2 heterocycles. The molecule has 0 aromatic carbocycles. The Labute approximate surface area is 62.6 Å². The zero-order valence-electron chi connectivity index (χ0n) is 6.47. The average molecular weight is 140 g/mol. The van der Waals surface area contributed by atoms with E-state index in [2.05, 4.69) is 10.4 Å². The summed E-state index contributed by atoms with van der Waals surface area (Å²) in [5.74, 6) is 1.00. The Morgan fingerprint density at radius 2 is 2.10 bits per heavy atom. The van der Waals surface area contributed by atoms with E-state index in [9.17, 15) is 0 Å². The quantitative estimate of drug-likeness (QED) is 0.540. The summed E-state index contributed by atoms with van der Waals surface area (Å²) in [6, 6.07) is 0. The lowest BCUT2D eigenvalue weighted by Crippen LogP contribution is -2.42. The summed E-state index contributed by atoms with van der Waals surface area (Å²) < 4.78 is 0. The first-order valence-corrected chi connectivity index (χ1v) is 4.43. The Morgan fingerprint density at radius 3 is 3.10 bits per heavy atom. The predicted octanol–water partition coefficient (Wildman–Crippen LogP) is 0.997. The molecule has 2 aliphatic rings. The van der Waals surface area contributed by atoms with E-state index in [1.165, 1.54) is 45.3 Å². The zero-order chi connectivity index (χ0) is 6.81. The van der Waals surface area contributed by atoms with Crippen LogP contribution in [0.1, 0.15) is 25.7 Å². The molecule has 2 aliphatic heterocycles. The highest BCUT2D eigenvalue weighted by molar-refractivity contribution is 4.73. The van der Waals surface area contributed by atoms with E-state index in [1.807, 2.05) is 0 Å². The first kappa shape index (κ1) is 6.62. The number of rotatable bonds is 0. The number of nitrogens with one attached hydrogen (secondary N) is 1. The van der Waals surface area contributed by atoms with Gasteiger partial charge in [-0.25, -0.2) is 5.01 Å². The summed E-state index contributed by atoms with van der Waals surface area (Å²) in [4.78, 5) is 0. The number of piperidine rings is 1. The third-order valence-corrected chi connectivity index (χ3v) is 2.64. The van der Waals surface area contributed by atoms with E-state index < -0.39 is 0 Å². The van der Waals surface area contributed by atoms with Gasteiger partial charge in [-0.05, 0) is 31.6 Å². The van der Waals surface area contributed by atoms with Crippen LogP contribution in [-0.4, -0.2) is 24.6 Å². The summed E-state index contributed by atoms with van der Waals surface area (Å²) >= 11 is 0. The van der Waals surface area contributed by atoms with E-state index in [0.29, 0.717) is 0 Å². The average Bonchev–Trinajstić information content (AvgIpc) is 2.12. The summed E-state index contributed by atoms with van der Waals surface area (Å²) in [6.07, 6.45) is 5.69. The van der Waals surface area contributed by atoms with Crippen molar-refractivity contribution in [3.63, 3.8) is 0 Å². The van der Waals surface area contributed by atoms with Gasteiger partial charge in [0.05, 0.1) is 0 Å². The maximum atomic E-state index is 3.45. The van der Waals surface area contributed by atoms with Crippen LogP contribution in [0.4, 0.5) is 0 Å². The lowest BCUT2D eigenvalue weighted by molar-refractivity contribution is 0.135. The Morgan fingerprint density at radius 1 is 1.20 bits per heavy atom. The Bertz CT molecular complexity index is 102. The molecule has 58 valence electrons. The second kappa shape index (κ2) is 2.89. The summed E-state index contributed by atoms with van der Waals surface area (Å²) in [5.41, 5.74) is 3.45. The van der Waals surface area contributed by atoms with Crippen molar-refractivity contribution in [2.75, 3.05) is 19.6 Å². The molecule has 1 N–H and O–H groups in total. The molecule has 2 saturated heterocycles. The van der Waals surface area contributed by atoms with Gasteiger partial charge in [0.15, 0.2) is 0 Å². The number of fused-ring (bicyclic) bond motifs is 2. The summed E-state index contributed by atoms with van der Waals surface area (Å²) in [5, 5.41) is 2.40. The molecule has 2 heteroatoms. The molecule has 2 unspecified atom stereocenters. The van der Waals surface area contributed by atoms with Crippen LogP contribution in [-0.2, 0) is 0 Å². The lowest BCUT2D eigenvalue weighted by atomic mass is 9.95. The first-order chi connectivity index (χ1) is 4.95. The van der Waals surface area contributed by atoms with Crippen LogP contribution in [0.15, 0.2) is 0 Å². The van der Waals surface area contributed by atoms with E-state index >= 15 is 0 Å². The Kier molecular flexibility index (Phi) is 1.91. The van der Waals surface area contributed by atoms with Gasteiger partial charge in [0.25, 0.3) is 0 Å². The minimum absolute atomic E-state index is 1.00. The first-order valence-electron chi connectivity index (χ1n) is 4.43. The molecule has 0 amide bonds. The molecule has 0 spiro atoms. The minimum atomic E-state index is 1.00. The largest absolute Gasteiger partial charge is 0.255 e. The Balaban J connectivity index is 1.96. The fourth-order valence-electron chi connectivity index (χ4n) is 2.07. The topological polar surface area (TPSA) is 15.3 Å². The molecular weight excluding hydrogens is 124 g/mol. The number of hydrogen-bond acceptors (Lipinski definition) is 2. The maximum Gasteiger partial charge on any atom is 0.0159 e. The summed E-state index contributed by atoms with van der Waals surface area (Å²) in [6.45, 7) is 3.78. The van der Waals surface area contributed by atoms with Crippen molar-refractivity contribution in [2.24, 2.45) is 5.92 Å². The molecule has 2 fully saturated rings. The van der Waals surface area contributed by atoms with Gasteiger partial charge in [-0.2, -0.15) is 0 Å². The Hall–Kier alpha value is -0.0800. The highest BCUT2D eigenvalue weighted by atomic mass is 15.5. The third kappa shape index (κ3) is 1.32. The van der Waals surface area contributed by atoms with Crippen molar-refractivity contribution in [1.29, 1.82) is 0 Å². The van der Waals surface area contributed by atoms with Gasteiger partial charge in [0.2, 0.25) is 0 Å².